The number of hydrogen-bond donors (Lipinski definition) is 4. The summed E-state index contributed by atoms with van der Waals surface area (Å²) < 4.78 is 13.5. The number of halogens is 3. The summed E-state index contributed by atoms with van der Waals surface area (Å²) in [5, 5.41) is 22.8. The predicted octanol–water partition coefficient (Wildman–Crippen LogP) is 3.98. The number of pyridine rings is 1. The fourth-order valence-corrected chi connectivity index (χ4v) is 3.39. The zero-order valence-corrected chi connectivity index (χ0v) is 17.1. The summed E-state index contributed by atoms with van der Waals surface area (Å²) in [5.74, 6) is 0.218. The molecule has 1 aliphatic heterocycles. The summed E-state index contributed by atoms with van der Waals surface area (Å²) in [7, 11) is 1.83. The van der Waals surface area contributed by atoms with Crippen LogP contribution in [0.1, 0.15) is 5.56 Å². The van der Waals surface area contributed by atoms with Crippen molar-refractivity contribution >= 4 is 57.0 Å². The Kier molecular flexibility index (Phi) is 5.46. The van der Waals surface area contributed by atoms with Crippen molar-refractivity contribution in [3.8, 4) is 6.07 Å². The van der Waals surface area contributed by atoms with E-state index < -0.39 is 5.82 Å². The molecule has 1 aliphatic rings. The number of nitrogens with zero attached hydrogens (tertiary/aromatic N) is 4. The van der Waals surface area contributed by atoms with E-state index in [1.807, 2.05) is 13.1 Å². The van der Waals surface area contributed by atoms with Crippen molar-refractivity contribution in [2.75, 3.05) is 24.2 Å². The minimum Gasteiger partial charge on any atom is -0.378 e. The molecule has 11 heteroatoms. The Morgan fingerprint density at radius 2 is 2.00 bits per heavy atom. The van der Waals surface area contributed by atoms with Gasteiger partial charge in [-0.2, -0.15) is 5.26 Å². The van der Waals surface area contributed by atoms with E-state index in [9.17, 15) is 9.65 Å². The first kappa shape index (κ1) is 20.0. The van der Waals surface area contributed by atoms with Crippen molar-refractivity contribution in [2.45, 2.75) is 0 Å². The lowest BCUT2D eigenvalue weighted by molar-refractivity contribution is 0.346. The molecule has 0 amide bonds. The molecular weight excluding hydrogens is 430 g/mol. The Labute approximate surface area is 181 Å². The van der Waals surface area contributed by atoms with E-state index in [1.165, 1.54) is 24.4 Å². The molecule has 3 aromatic rings. The van der Waals surface area contributed by atoms with Crippen LogP contribution in [0.3, 0.4) is 0 Å². The van der Waals surface area contributed by atoms with Crippen molar-refractivity contribution in [2.24, 2.45) is 5.10 Å². The van der Waals surface area contributed by atoms with Gasteiger partial charge < -0.3 is 10.6 Å². The lowest BCUT2D eigenvalue weighted by atomic mass is 10.1. The van der Waals surface area contributed by atoms with Crippen LogP contribution in [0.25, 0.3) is 10.9 Å². The van der Waals surface area contributed by atoms with Crippen LogP contribution in [-0.2, 0) is 0 Å². The SMILES string of the molecule is CN1NNN=C1CNc1cc(Cl)c2ncc(C#N)c(Nc3ccc(F)c(Cl)c3)c2c1. The van der Waals surface area contributed by atoms with Crippen LogP contribution in [0.5, 0.6) is 0 Å². The minimum atomic E-state index is -0.527. The van der Waals surface area contributed by atoms with Crippen LogP contribution in [0, 0.1) is 17.1 Å². The van der Waals surface area contributed by atoms with Gasteiger partial charge in [-0.25, -0.2) is 9.93 Å². The number of likely N-dealkylation sites (N-methyl/N-ethyl adjacent to an activating group) is 1. The topological polar surface area (TPSA) is 100 Å². The fourth-order valence-electron chi connectivity index (χ4n) is 2.94. The Morgan fingerprint density at radius 1 is 1.20 bits per heavy atom. The van der Waals surface area contributed by atoms with E-state index in [1.54, 1.807) is 11.1 Å². The molecule has 0 saturated carbocycles. The highest BCUT2D eigenvalue weighted by atomic mass is 35.5. The third kappa shape index (κ3) is 3.89. The number of nitriles is 1. The number of nitrogens with one attached hydrogen (secondary N) is 4. The number of anilines is 3. The van der Waals surface area contributed by atoms with Crippen LogP contribution in [0.15, 0.2) is 41.6 Å². The van der Waals surface area contributed by atoms with Gasteiger partial charge in [-0.3, -0.25) is 9.99 Å². The van der Waals surface area contributed by atoms with Gasteiger partial charge in [0, 0.05) is 30.0 Å². The second kappa shape index (κ2) is 8.20. The Hall–Kier alpha value is -3.32. The zero-order chi connectivity index (χ0) is 21.3. The highest BCUT2D eigenvalue weighted by Crippen LogP contribution is 2.35. The standard InChI is InChI=1S/C19H15Cl2FN8/c1-30-17(27-28-29-30)9-24-12-4-13-18(26-11-2-3-16(22)14(20)5-11)10(7-23)8-25-19(13)15(21)6-12/h2-6,8,24,28-29H,9H2,1H3,(H,25,26). The van der Waals surface area contributed by atoms with Gasteiger partial charge in [0.25, 0.3) is 0 Å². The summed E-state index contributed by atoms with van der Waals surface area (Å²) in [6.45, 7) is 0.431. The maximum Gasteiger partial charge on any atom is 0.161 e. The quantitative estimate of drug-likeness (QED) is 0.472. The number of fused-ring (bicyclic) bond motifs is 1. The smallest absolute Gasteiger partial charge is 0.161 e. The number of hydrazine groups is 2. The fraction of sp³-hybridized carbons (Fsp3) is 0.105. The summed E-state index contributed by atoms with van der Waals surface area (Å²) in [5.41, 5.74) is 8.06. The van der Waals surface area contributed by atoms with Gasteiger partial charge in [-0.1, -0.05) is 23.2 Å². The summed E-state index contributed by atoms with van der Waals surface area (Å²) in [6.07, 6.45) is 1.44. The third-order valence-electron chi connectivity index (χ3n) is 4.47. The van der Waals surface area contributed by atoms with E-state index in [4.69, 9.17) is 23.2 Å². The van der Waals surface area contributed by atoms with Crippen LogP contribution in [0.2, 0.25) is 10.0 Å². The molecule has 0 bridgehead atoms. The second-order valence-electron chi connectivity index (χ2n) is 6.43. The Balaban J connectivity index is 1.74. The third-order valence-corrected chi connectivity index (χ3v) is 5.05. The first-order valence-electron chi connectivity index (χ1n) is 8.75. The normalized spacial score (nSPS) is 13.0. The first-order chi connectivity index (χ1) is 14.5. The lowest BCUT2D eigenvalue weighted by Crippen LogP contribution is -2.39. The lowest BCUT2D eigenvalue weighted by Gasteiger charge is -2.16. The first-order valence-corrected chi connectivity index (χ1v) is 9.51. The Bertz CT molecular complexity index is 1210. The highest BCUT2D eigenvalue weighted by Gasteiger charge is 2.15. The van der Waals surface area contributed by atoms with Gasteiger partial charge in [-0.05, 0) is 30.3 Å². The van der Waals surface area contributed by atoms with E-state index in [0.29, 0.717) is 45.1 Å². The highest BCUT2D eigenvalue weighted by molar-refractivity contribution is 6.36. The van der Waals surface area contributed by atoms with Gasteiger partial charge >= 0.3 is 0 Å². The number of benzene rings is 2. The van der Waals surface area contributed by atoms with Gasteiger partial charge in [0.1, 0.15) is 11.9 Å². The van der Waals surface area contributed by atoms with Crippen LogP contribution < -0.4 is 21.7 Å². The number of aromatic nitrogens is 1. The minimum absolute atomic E-state index is 0.0269. The van der Waals surface area contributed by atoms with Crippen molar-refractivity contribution in [1.82, 2.24) is 21.1 Å². The molecule has 4 rings (SSSR count). The zero-order valence-electron chi connectivity index (χ0n) is 15.6. The maximum atomic E-state index is 13.5. The molecule has 4 N–H and O–H groups in total. The molecule has 2 heterocycles. The molecule has 0 fully saturated rings. The van der Waals surface area contributed by atoms with E-state index >= 15 is 0 Å². The van der Waals surface area contributed by atoms with Gasteiger partial charge in [0.2, 0.25) is 0 Å². The monoisotopic (exact) mass is 444 g/mol. The van der Waals surface area contributed by atoms with Crippen molar-refractivity contribution in [3.05, 3.63) is 58.0 Å². The molecular formula is C19H15Cl2FN8. The molecule has 0 aliphatic carbocycles. The summed E-state index contributed by atoms with van der Waals surface area (Å²) in [4.78, 5) is 4.32. The molecule has 0 atom stereocenters. The van der Waals surface area contributed by atoms with Gasteiger partial charge in [0.05, 0.1) is 33.4 Å². The molecule has 0 unspecified atom stereocenters. The number of hydrazone groups is 1. The number of hydrogen-bond acceptors (Lipinski definition) is 8. The van der Waals surface area contributed by atoms with Crippen LogP contribution in [-0.4, -0.2) is 29.4 Å². The molecule has 2 aromatic carbocycles. The van der Waals surface area contributed by atoms with Crippen LogP contribution in [0.4, 0.5) is 21.5 Å². The summed E-state index contributed by atoms with van der Waals surface area (Å²) >= 11 is 12.3. The maximum absolute atomic E-state index is 13.5. The van der Waals surface area contributed by atoms with Gasteiger partial charge in [0.15, 0.2) is 5.84 Å². The van der Waals surface area contributed by atoms with Gasteiger partial charge in [-0.15, -0.1) is 10.6 Å². The molecule has 0 spiro atoms. The molecule has 8 nitrogen and oxygen atoms in total. The summed E-state index contributed by atoms with van der Waals surface area (Å²) in [6, 6.07) is 9.93. The average Bonchev–Trinajstić information content (AvgIpc) is 3.14. The predicted molar refractivity (Wildman–Crippen MR) is 116 cm³/mol. The molecule has 152 valence electrons. The molecule has 30 heavy (non-hydrogen) atoms. The molecule has 1 aromatic heterocycles. The van der Waals surface area contributed by atoms with E-state index in [2.05, 4.69) is 37.9 Å². The molecule has 0 radical (unpaired) electrons. The Morgan fingerprint density at radius 3 is 2.70 bits per heavy atom. The molecule has 0 saturated heterocycles. The largest absolute Gasteiger partial charge is 0.378 e. The van der Waals surface area contributed by atoms with Crippen molar-refractivity contribution < 1.29 is 4.39 Å². The van der Waals surface area contributed by atoms with Crippen molar-refractivity contribution in [1.29, 1.82) is 5.26 Å². The van der Waals surface area contributed by atoms with Crippen molar-refractivity contribution in [3.63, 3.8) is 0 Å². The van der Waals surface area contributed by atoms with E-state index in [-0.39, 0.29) is 5.02 Å². The number of amidine groups is 1. The van der Waals surface area contributed by atoms with E-state index in [0.717, 1.165) is 5.84 Å². The van der Waals surface area contributed by atoms with Crippen LogP contribution >= 0.6 is 23.2 Å². The second-order valence-corrected chi connectivity index (χ2v) is 7.25. The average molecular weight is 445 g/mol. The number of rotatable bonds is 5.